The van der Waals surface area contributed by atoms with Gasteiger partial charge in [0.2, 0.25) is 0 Å². The summed E-state index contributed by atoms with van der Waals surface area (Å²) in [6.07, 6.45) is 2.56. The van der Waals surface area contributed by atoms with Crippen molar-refractivity contribution in [3.8, 4) is 5.75 Å². The molecule has 6 heteroatoms. The Balaban J connectivity index is 1.78. The van der Waals surface area contributed by atoms with Crippen LogP contribution in [0.2, 0.25) is 0 Å². The number of rotatable bonds is 6. The van der Waals surface area contributed by atoms with Crippen molar-refractivity contribution in [3.05, 3.63) is 77.7 Å². The fraction of sp³-hybridized carbons (Fsp3) is 0.182. The van der Waals surface area contributed by atoms with E-state index in [0.717, 1.165) is 16.6 Å². The fourth-order valence-corrected chi connectivity index (χ4v) is 4.07. The third kappa shape index (κ3) is 3.51. The summed E-state index contributed by atoms with van der Waals surface area (Å²) in [5.41, 5.74) is 2.62. The topological polar surface area (TPSA) is 55.6 Å². The number of carbonyl (C=O) groups excluding carboxylic acids is 1. The largest absolute Gasteiger partial charge is 0.496 e. The zero-order valence-corrected chi connectivity index (χ0v) is 16.5. The standard InChI is InChI=1S/C22H20N2O3S/c1-3-15-10-11-18-20(13-15)28-22(23-18)24(14-16-7-6-12-27-16)21(25)17-8-4-5-9-19(17)26-2/h4-13H,3,14H2,1-2H3. The number of hydrogen-bond donors (Lipinski definition) is 0. The van der Waals surface area contributed by atoms with E-state index < -0.39 is 0 Å². The van der Waals surface area contributed by atoms with Gasteiger partial charge in [-0.15, -0.1) is 0 Å². The van der Waals surface area contributed by atoms with Crippen molar-refractivity contribution in [1.29, 1.82) is 0 Å². The minimum absolute atomic E-state index is 0.177. The number of thiazole rings is 1. The molecule has 0 unspecified atom stereocenters. The summed E-state index contributed by atoms with van der Waals surface area (Å²) in [4.78, 5) is 19.8. The molecule has 0 spiro atoms. The molecule has 5 nitrogen and oxygen atoms in total. The number of para-hydroxylation sites is 1. The number of methoxy groups -OCH3 is 1. The summed E-state index contributed by atoms with van der Waals surface area (Å²) in [7, 11) is 1.56. The maximum atomic E-state index is 13.4. The number of benzene rings is 2. The number of carbonyl (C=O) groups is 1. The average molecular weight is 392 g/mol. The normalized spacial score (nSPS) is 10.9. The smallest absolute Gasteiger partial charge is 0.264 e. The molecule has 4 rings (SSSR count). The first kappa shape index (κ1) is 18.3. The van der Waals surface area contributed by atoms with Crippen LogP contribution in [0.3, 0.4) is 0 Å². The van der Waals surface area contributed by atoms with Crippen LogP contribution in [0.4, 0.5) is 5.13 Å². The van der Waals surface area contributed by atoms with Crippen LogP contribution in [0.25, 0.3) is 10.2 Å². The van der Waals surface area contributed by atoms with Crippen molar-refractivity contribution in [2.45, 2.75) is 19.9 Å². The number of aryl methyl sites for hydroxylation is 1. The van der Waals surface area contributed by atoms with Gasteiger partial charge in [0.1, 0.15) is 11.5 Å². The molecule has 2 aromatic carbocycles. The second-order valence-corrected chi connectivity index (χ2v) is 7.33. The Hall–Kier alpha value is -3.12. The van der Waals surface area contributed by atoms with E-state index in [1.807, 2.05) is 30.3 Å². The highest BCUT2D eigenvalue weighted by Crippen LogP contribution is 2.32. The van der Waals surface area contributed by atoms with Crippen LogP contribution in [0.15, 0.2) is 65.3 Å². The maximum Gasteiger partial charge on any atom is 0.264 e. The van der Waals surface area contributed by atoms with E-state index >= 15 is 0 Å². The first-order valence-corrected chi connectivity index (χ1v) is 9.88. The molecule has 0 N–H and O–H groups in total. The molecule has 0 aliphatic carbocycles. The molecule has 28 heavy (non-hydrogen) atoms. The quantitative estimate of drug-likeness (QED) is 0.446. The number of amides is 1. The highest BCUT2D eigenvalue weighted by atomic mass is 32.1. The van der Waals surface area contributed by atoms with Crippen molar-refractivity contribution < 1.29 is 13.9 Å². The Morgan fingerprint density at radius 1 is 1.18 bits per heavy atom. The zero-order valence-electron chi connectivity index (χ0n) is 15.7. The van der Waals surface area contributed by atoms with Crippen LogP contribution in [0, 0.1) is 0 Å². The second kappa shape index (κ2) is 7.86. The summed E-state index contributed by atoms with van der Waals surface area (Å²) in [5.74, 6) is 1.05. The molecular weight excluding hydrogens is 372 g/mol. The zero-order chi connectivity index (χ0) is 19.5. The van der Waals surface area contributed by atoms with Crippen LogP contribution >= 0.6 is 11.3 Å². The molecule has 0 bridgehead atoms. The molecule has 0 atom stereocenters. The van der Waals surface area contributed by atoms with Gasteiger partial charge in [-0.2, -0.15) is 0 Å². The first-order valence-electron chi connectivity index (χ1n) is 9.06. The van der Waals surface area contributed by atoms with Gasteiger partial charge in [0, 0.05) is 0 Å². The van der Waals surface area contributed by atoms with Crippen molar-refractivity contribution in [2.75, 3.05) is 12.0 Å². The molecule has 0 fully saturated rings. The van der Waals surface area contributed by atoms with E-state index in [1.165, 1.54) is 16.9 Å². The highest BCUT2D eigenvalue weighted by molar-refractivity contribution is 7.22. The van der Waals surface area contributed by atoms with Gasteiger partial charge in [-0.25, -0.2) is 4.98 Å². The fourth-order valence-electron chi connectivity index (χ4n) is 3.04. The summed E-state index contributed by atoms with van der Waals surface area (Å²) >= 11 is 1.50. The van der Waals surface area contributed by atoms with Crippen LogP contribution in [-0.4, -0.2) is 18.0 Å². The van der Waals surface area contributed by atoms with Crippen molar-refractivity contribution >= 4 is 32.6 Å². The predicted molar refractivity (Wildman–Crippen MR) is 111 cm³/mol. The SMILES string of the molecule is CCc1ccc2nc(N(Cc3ccco3)C(=O)c3ccccc3OC)sc2c1. The lowest BCUT2D eigenvalue weighted by Crippen LogP contribution is -2.30. The van der Waals surface area contributed by atoms with Gasteiger partial charge in [0.25, 0.3) is 5.91 Å². The number of fused-ring (bicyclic) bond motifs is 1. The Morgan fingerprint density at radius 2 is 2.04 bits per heavy atom. The Kier molecular flexibility index (Phi) is 5.12. The number of nitrogens with zero attached hydrogens (tertiary/aromatic N) is 2. The molecule has 2 heterocycles. The van der Waals surface area contributed by atoms with Gasteiger partial charge < -0.3 is 9.15 Å². The van der Waals surface area contributed by atoms with Gasteiger partial charge >= 0.3 is 0 Å². The van der Waals surface area contributed by atoms with E-state index in [9.17, 15) is 4.79 Å². The molecule has 1 amide bonds. The number of aromatic nitrogens is 1. The monoisotopic (exact) mass is 392 g/mol. The maximum absolute atomic E-state index is 13.4. The van der Waals surface area contributed by atoms with Gasteiger partial charge in [-0.05, 0) is 48.4 Å². The van der Waals surface area contributed by atoms with E-state index in [2.05, 4.69) is 19.1 Å². The lowest BCUT2D eigenvalue weighted by molar-refractivity contribution is 0.0980. The molecule has 142 valence electrons. The number of ether oxygens (including phenoxy) is 1. The lowest BCUT2D eigenvalue weighted by Gasteiger charge is -2.20. The molecule has 4 aromatic rings. The second-order valence-electron chi connectivity index (χ2n) is 6.32. The Bertz CT molecular complexity index is 1100. The van der Waals surface area contributed by atoms with E-state index in [-0.39, 0.29) is 5.91 Å². The van der Waals surface area contributed by atoms with Gasteiger partial charge in [-0.1, -0.05) is 36.5 Å². The Morgan fingerprint density at radius 3 is 2.79 bits per heavy atom. The average Bonchev–Trinajstić information content (AvgIpc) is 3.40. The van der Waals surface area contributed by atoms with Crippen molar-refractivity contribution in [1.82, 2.24) is 4.98 Å². The third-order valence-corrected chi connectivity index (χ3v) is 5.60. The summed E-state index contributed by atoms with van der Waals surface area (Å²) < 4.78 is 11.9. The third-order valence-electron chi connectivity index (χ3n) is 4.56. The van der Waals surface area contributed by atoms with E-state index in [4.69, 9.17) is 14.1 Å². The highest BCUT2D eigenvalue weighted by Gasteiger charge is 2.25. The number of furan rings is 1. The molecule has 0 aliphatic heterocycles. The van der Waals surface area contributed by atoms with Crippen LogP contribution < -0.4 is 9.64 Å². The van der Waals surface area contributed by atoms with Crippen molar-refractivity contribution in [3.63, 3.8) is 0 Å². The van der Waals surface area contributed by atoms with Crippen LogP contribution in [0.5, 0.6) is 5.75 Å². The summed E-state index contributed by atoms with van der Waals surface area (Å²) in [6, 6.07) is 17.1. The molecular formula is C22H20N2O3S. The van der Waals surface area contributed by atoms with Gasteiger partial charge in [-0.3, -0.25) is 9.69 Å². The van der Waals surface area contributed by atoms with Crippen LogP contribution in [0.1, 0.15) is 28.6 Å². The predicted octanol–water partition coefficient (Wildman–Crippen LogP) is 5.31. The molecule has 0 radical (unpaired) electrons. The first-order chi connectivity index (χ1) is 13.7. The molecule has 0 saturated carbocycles. The van der Waals surface area contributed by atoms with E-state index in [0.29, 0.717) is 28.7 Å². The molecule has 2 aromatic heterocycles. The van der Waals surface area contributed by atoms with Gasteiger partial charge in [0.05, 0.1) is 35.7 Å². The molecule has 0 aliphatic rings. The van der Waals surface area contributed by atoms with Gasteiger partial charge in [0.15, 0.2) is 5.13 Å². The van der Waals surface area contributed by atoms with Crippen LogP contribution in [-0.2, 0) is 13.0 Å². The summed E-state index contributed by atoms with van der Waals surface area (Å²) in [6.45, 7) is 2.42. The number of anilines is 1. The lowest BCUT2D eigenvalue weighted by atomic mass is 10.1. The Labute approximate surface area is 167 Å². The van der Waals surface area contributed by atoms with Crippen molar-refractivity contribution in [2.24, 2.45) is 0 Å². The molecule has 0 saturated heterocycles. The summed E-state index contributed by atoms with van der Waals surface area (Å²) in [5, 5.41) is 0.635. The number of hydrogen-bond acceptors (Lipinski definition) is 5. The minimum atomic E-state index is -0.177. The van der Waals surface area contributed by atoms with E-state index in [1.54, 1.807) is 30.4 Å². The minimum Gasteiger partial charge on any atom is -0.496 e.